The van der Waals surface area contributed by atoms with Crippen LogP contribution in [0.25, 0.3) is 11.0 Å². The second-order valence-corrected chi connectivity index (χ2v) is 7.63. The Morgan fingerprint density at radius 3 is 2.81 bits per heavy atom. The molecule has 1 aliphatic heterocycles. The highest BCUT2D eigenvalue weighted by Crippen LogP contribution is 2.38. The number of nitrogens with one attached hydrogen (secondary N) is 2. The van der Waals surface area contributed by atoms with Crippen molar-refractivity contribution in [1.29, 1.82) is 0 Å². The monoisotopic (exact) mass is 362 g/mol. The standard InChI is InChI=1S/C20H22N6O/c1-12-22-17-5-4-15(8-18(17)23-12)20(27)21-9-13-10-26(11-13)19-7-6-16(24-25-19)14-2-3-14/h4-8,13-14H,2-3,9-11H2,1H3,(H,21,27)(H,22,23). The second-order valence-electron chi connectivity index (χ2n) is 7.63. The fraction of sp³-hybridized carbons (Fsp3) is 0.400. The van der Waals surface area contributed by atoms with Crippen LogP contribution < -0.4 is 10.2 Å². The molecule has 2 aromatic heterocycles. The molecular formula is C20H22N6O. The number of nitrogens with zero attached hydrogens (tertiary/aromatic N) is 4. The van der Waals surface area contributed by atoms with E-state index in [1.807, 2.05) is 25.1 Å². The minimum absolute atomic E-state index is 0.0452. The number of carbonyl (C=O) groups is 1. The van der Waals surface area contributed by atoms with E-state index in [-0.39, 0.29) is 5.91 Å². The summed E-state index contributed by atoms with van der Waals surface area (Å²) in [5.41, 5.74) is 3.55. The van der Waals surface area contributed by atoms with Crippen LogP contribution in [0.3, 0.4) is 0 Å². The molecule has 1 saturated heterocycles. The molecule has 2 N–H and O–H groups in total. The van der Waals surface area contributed by atoms with E-state index in [2.05, 4.69) is 42.5 Å². The average molecular weight is 362 g/mol. The van der Waals surface area contributed by atoms with E-state index in [1.165, 1.54) is 12.8 Å². The molecule has 138 valence electrons. The molecule has 2 fully saturated rings. The number of amides is 1. The molecule has 3 heterocycles. The molecule has 0 bridgehead atoms. The molecular weight excluding hydrogens is 340 g/mol. The van der Waals surface area contributed by atoms with Gasteiger partial charge in [-0.1, -0.05) is 0 Å². The summed E-state index contributed by atoms with van der Waals surface area (Å²) in [7, 11) is 0. The van der Waals surface area contributed by atoms with Crippen LogP contribution in [0.1, 0.15) is 40.6 Å². The van der Waals surface area contributed by atoms with E-state index in [9.17, 15) is 4.79 Å². The van der Waals surface area contributed by atoms with Gasteiger partial charge in [-0.05, 0) is 50.1 Å². The van der Waals surface area contributed by atoms with E-state index in [0.717, 1.165) is 41.5 Å². The van der Waals surface area contributed by atoms with Crippen molar-refractivity contribution in [2.45, 2.75) is 25.7 Å². The Balaban J connectivity index is 1.13. The molecule has 27 heavy (non-hydrogen) atoms. The number of aromatic nitrogens is 4. The van der Waals surface area contributed by atoms with Crippen molar-refractivity contribution in [3.8, 4) is 0 Å². The van der Waals surface area contributed by atoms with Crippen molar-refractivity contribution in [2.75, 3.05) is 24.5 Å². The van der Waals surface area contributed by atoms with Gasteiger partial charge in [0.15, 0.2) is 5.82 Å². The maximum atomic E-state index is 12.4. The van der Waals surface area contributed by atoms with E-state index in [1.54, 1.807) is 0 Å². The number of benzene rings is 1. The Labute approximate surface area is 157 Å². The van der Waals surface area contributed by atoms with Gasteiger partial charge in [0.1, 0.15) is 5.82 Å². The number of fused-ring (bicyclic) bond motifs is 1. The zero-order valence-electron chi connectivity index (χ0n) is 15.3. The maximum Gasteiger partial charge on any atom is 0.251 e. The number of hydrogen-bond donors (Lipinski definition) is 2. The lowest BCUT2D eigenvalue weighted by Crippen LogP contribution is -2.51. The Kier molecular flexibility index (Phi) is 3.81. The Bertz CT molecular complexity index is 985. The van der Waals surface area contributed by atoms with Crippen molar-refractivity contribution in [3.05, 3.63) is 47.4 Å². The largest absolute Gasteiger partial charge is 0.354 e. The van der Waals surface area contributed by atoms with E-state index in [0.29, 0.717) is 23.9 Å². The summed E-state index contributed by atoms with van der Waals surface area (Å²) >= 11 is 0. The molecule has 1 saturated carbocycles. The van der Waals surface area contributed by atoms with Crippen LogP contribution in [0.15, 0.2) is 30.3 Å². The van der Waals surface area contributed by atoms with Gasteiger partial charge in [0.05, 0.1) is 16.7 Å². The molecule has 1 aromatic carbocycles. The van der Waals surface area contributed by atoms with Gasteiger partial charge in [0.2, 0.25) is 0 Å². The highest BCUT2D eigenvalue weighted by atomic mass is 16.1. The Morgan fingerprint density at radius 1 is 1.22 bits per heavy atom. The lowest BCUT2D eigenvalue weighted by molar-refractivity contribution is 0.0944. The van der Waals surface area contributed by atoms with Gasteiger partial charge in [-0.25, -0.2) is 4.98 Å². The quantitative estimate of drug-likeness (QED) is 0.728. The molecule has 0 spiro atoms. The zero-order valence-corrected chi connectivity index (χ0v) is 15.3. The number of aryl methyl sites for hydroxylation is 1. The van der Waals surface area contributed by atoms with Crippen LogP contribution in [-0.2, 0) is 0 Å². The molecule has 3 aromatic rings. The minimum atomic E-state index is -0.0452. The fourth-order valence-corrected chi connectivity index (χ4v) is 3.60. The van der Waals surface area contributed by atoms with E-state index >= 15 is 0 Å². The Morgan fingerprint density at radius 2 is 2.07 bits per heavy atom. The number of rotatable bonds is 5. The number of H-pyrrole nitrogens is 1. The molecule has 7 nitrogen and oxygen atoms in total. The average Bonchev–Trinajstić information content (AvgIpc) is 3.41. The van der Waals surface area contributed by atoms with Crippen LogP contribution in [-0.4, -0.2) is 45.7 Å². The lowest BCUT2D eigenvalue weighted by atomic mass is 10.00. The molecule has 7 heteroatoms. The number of hydrogen-bond acceptors (Lipinski definition) is 5. The Hall–Kier alpha value is -2.96. The third-order valence-electron chi connectivity index (χ3n) is 5.36. The summed E-state index contributed by atoms with van der Waals surface area (Å²) in [5.74, 6) is 2.82. The SMILES string of the molecule is Cc1nc2ccc(C(=O)NCC3CN(c4ccc(C5CC5)nn4)C3)cc2[nH]1. The van der Waals surface area contributed by atoms with E-state index in [4.69, 9.17) is 0 Å². The summed E-state index contributed by atoms with van der Waals surface area (Å²) in [6, 6.07) is 9.72. The van der Waals surface area contributed by atoms with Gasteiger partial charge in [-0.15, -0.1) is 5.10 Å². The van der Waals surface area contributed by atoms with Gasteiger partial charge in [-0.3, -0.25) is 4.79 Å². The van der Waals surface area contributed by atoms with Gasteiger partial charge < -0.3 is 15.2 Å². The van der Waals surface area contributed by atoms with Crippen molar-refractivity contribution in [2.24, 2.45) is 5.92 Å². The molecule has 1 aliphatic carbocycles. The van der Waals surface area contributed by atoms with Crippen molar-refractivity contribution in [1.82, 2.24) is 25.5 Å². The molecule has 0 atom stereocenters. The molecule has 0 unspecified atom stereocenters. The van der Waals surface area contributed by atoms with Gasteiger partial charge in [-0.2, -0.15) is 5.10 Å². The summed E-state index contributed by atoms with van der Waals surface area (Å²) in [4.78, 5) is 22.2. The fourth-order valence-electron chi connectivity index (χ4n) is 3.60. The predicted molar refractivity (Wildman–Crippen MR) is 103 cm³/mol. The van der Waals surface area contributed by atoms with Crippen molar-refractivity contribution >= 4 is 22.8 Å². The van der Waals surface area contributed by atoms with Crippen LogP contribution in [0.4, 0.5) is 5.82 Å². The number of anilines is 1. The third-order valence-corrected chi connectivity index (χ3v) is 5.36. The first-order valence-corrected chi connectivity index (χ1v) is 9.49. The number of carbonyl (C=O) groups excluding carboxylic acids is 1. The summed E-state index contributed by atoms with van der Waals surface area (Å²) in [5, 5.41) is 11.7. The van der Waals surface area contributed by atoms with E-state index < -0.39 is 0 Å². The summed E-state index contributed by atoms with van der Waals surface area (Å²) < 4.78 is 0. The van der Waals surface area contributed by atoms with Crippen LogP contribution in [0, 0.1) is 12.8 Å². The highest BCUT2D eigenvalue weighted by molar-refractivity contribution is 5.97. The third kappa shape index (κ3) is 3.25. The zero-order chi connectivity index (χ0) is 18.4. The molecule has 5 rings (SSSR count). The first-order valence-electron chi connectivity index (χ1n) is 9.49. The smallest absolute Gasteiger partial charge is 0.251 e. The predicted octanol–water partition coefficient (Wildman–Crippen LogP) is 2.40. The lowest BCUT2D eigenvalue weighted by Gasteiger charge is -2.39. The van der Waals surface area contributed by atoms with Gasteiger partial charge in [0.25, 0.3) is 5.91 Å². The van der Waals surface area contributed by atoms with Crippen molar-refractivity contribution < 1.29 is 4.79 Å². The van der Waals surface area contributed by atoms with Gasteiger partial charge >= 0.3 is 0 Å². The molecule has 0 radical (unpaired) electrons. The topological polar surface area (TPSA) is 86.8 Å². The minimum Gasteiger partial charge on any atom is -0.354 e. The second kappa shape index (κ2) is 6.33. The van der Waals surface area contributed by atoms with Crippen LogP contribution >= 0.6 is 0 Å². The highest BCUT2D eigenvalue weighted by Gasteiger charge is 2.29. The van der Waals surface area contributed by atoms with Gasteiger partial charge in [0, 0.05) is 37.0 Å². The first kappa shape index (κ1) is 16.2. The normalized spacial score (nSPS) is 17.1. The molecule has 2 aliphatic rings. The van der Waals surface area contributed by atoms with Crippen LogP contribution in [0.5, 0.6) is 0 Å². The molecule has 1 amide bonds. The maximum absolute atomic E-state index is 12.4. The van der Waals surface area contributed by atoms with Crippen molar-refractivity contribution in [3.63, 3.8) is 0 Å². The first-order chi connectivity index (χ1) is 13.2. The summed E-state index contributed by atoms with van der Waals surface area (Å²) in [6.07, 6.45) is 2.48. The number of aromatic amines is 1. The van der Waals surface area contributed by atoms with Crippen LogP contribution in [0.2, 0.25) is 0 Å². The summed E-state index contributed by atoms with van der Waals surface area (Å²) in [6.45, 7) is 4.38. The number of imidazole rings is 1.